The molecule has 0 N–H and O–H groups in total. The fraction of sp³-hybridized carbons (Fsp3) is 0.200. The maximum Gasteiger partial charge on any atom is 0.565 e. The van der Waals surface area contributed by atoms with E-state index in [4.69, 9.17) is 20.9 Å². The highest BCUT2D eigenvalue weighted by Gasteiger charge is 2.31. The van der Waals surface area contributed by atoms with Crippen LogP contribution in [0.25, 0.3) is 0 Å². The number of hydrogen-bond acceptors (Lipinski definition) is 2. The summed E-state index contributed by atoms with van der Waals surface area (Å²) < 4.78 is 49.1. The van der Waals surface area contributed by atoms with Crippen molar-refractivity contribution in [1.82, 2.24) is 0 Å². The lowest BCUT2D eigenvalue weighted by molar-refractivity contribution is 0.146. The minimum Gasteiger partial charge on any atom is -0.538 e. The molecule has 1 heterocycles. The highest BCUT2D eigenvalue weighted by atomic mass is 35.5. The Bertz CT molecular complexity index is 453. The van der Waals surface area contributed by atoms with Crippen LogP contribution in [0.15, 0.2) is 24.5 Å². The molecule has 0 fully saturated rings. The van der Waals surface area contributed by atoms with Gasteiger partial charge in [-0.1, -0.05) is 17.7 Å². The number of benzene rings is 1. The van der Waals surface area contributed by atoms with Crippen molar-refractivity contribution >= 4 is 24.2 Å². The average Bonchev–Trinajstić information content (AvgIpc) is 2.30. The number of rotatable bonds is 2. The Labute approximate surface area is 101 Å². The monoisotopic (exact) mass is 262 g/mol. The van der Waals surface area contributed by atoms with E-state index in [9.17, 15) is 13.2 Å². The van der Waals surface area contributed by atoms with Gasteiger partial charge in [0, 0.05) is 5.46 Å². The molecule has 0 radical (unpaired) electrons. The molecule has 17 heavy (non-hydrogen) atoms. The van der Waals surface area contributed by atoms with E-state index in [0.717, 1.165) is 0 Å². The van der Waals surface area contributed by atoms with E-state index in [1.807, 2.05) is 0 Å². The van der Waals surface area contributed by atoms with Crippen molar-refractivity contribution in [2.45, 2.75) is 6.43 Å². The zero-order chi connectivity index (χ0) is 12.4. The Balaban J connectivity index is 2.41. The van der Waals surface area contributed by atoms with Gasteiger partial charge in [-0.2, -0.15) is 0 Å². The van der Waals surface area contributed by atoms with Crippen molar-refractivity contribution in [3.05, 3.63) is 40.9 Å². The van der Waals surface area contributed by atoms with Crippen molar-refractivity contribution in [3.8, 4) is 0 Å². The van der Waals surface area contributed by atoms with Crippen molar-refractivity contribution in [2.75, 3.05) is 6.61 Å². The van der Waals surface area contributed by atoms with Crippen molar-refractivity contribution in [3.63, 3.8) is 0 Å². The molecule has 0 atom stereocenters. The second-order valence-corrected chi connectivity index (χ2v) is 3.75. The molecule has 1 aromatic rings. The molecule has 2 nitrogen and oxygen atoms in total. The van der Waals surface area contributed by atoms with Gasteiger partial charge in [0.05, 0.1) is 23.5 Å². The van der Waals surface area contributed by atoms with E-state index in [1.165, 1.54) is 18.4 Å². The summed E-state index contributed by atoms with van der Waals surface area (Å²) in [6.07, 6.45) is -0.0654. The quantitative estimate of drug-likeness (QED) is 0.763. The Morgan fingerprint density at radius 2 is 2.12 bits per heavy atom. The number of halogens is 4. The topological polar surface area (TPSA) is 18.5 Å². The molecule has 0 spiro atoms. The summed E-state index contributed by atoms with van der Waals surface area (Å²) in [5.41, 5.74) is -0.917. The molecule has 0 unspecified atom stereocenters. The SMILES string of the molecule is Fc1c(B2OC=CCO2)ccc(Cl)c1C(F)F. The molecular formula is C10H7BClF3O2. The smallest absolute Gasteiger partial charge is 0.538 e. The second-order valence-electron chi connectivity index (χ2n) is 3.34. The summed E-state index contributed by atoms with van der Waals surface area (Å²) in [6, 6.07) is 2.47. The molecule has 0 bridgehead atoms. The third-order valence-electron chi connectivity index (χ3n) is 2.27. The van der Waals surface area contributed by atoms with E-state index in [2.05, 4.69) is 0 Å². The van der Waals surface area contributed by atoms with Crippen LogP contribution >= 0.6 is 11.6 Å². The van der Waals surface area contributed by atoms with Crippen LogP contribution in [-0.2, 0) is 9.31 Å². The number of hydrogen-bond donors (Lipinski definition) is 0. The van der Waals surface area contributed by atoms with Crippen LogP contribution in [0.4, 0.5) is 13.2 Å². The largest absolute Gasteiger partial charge is 0.565 e. The normalized spacial score (nSPS) is 15.2. The Hall–Kier alpha value is -1.14. The summed E-state index contributed by atoms with van der Waals surface area (Å²) in [5, 5.41) is -0.312. The van der Waals surface area contributed by atoms with Gasteiger partial charge >= 0.3 is 7.12 Å². The molecule has 2 rings (SSSR count). The summed E-state index contributed by atoms with van der Waals surface area (Å²) >= 11 is 5.52. The first-order valence-electron chi connectivity index (χ1n) is 4.79. The third-order valence-corrected chi connectivity index (χ3v) is 2.60. The van der Waals surface area contributed by atoms with Crippen LogP contribution in [0.5, 0.6) is 0 Å². The molecule has 1 aliphatic rings. The van der Waals surface area contributed by atoms with Gasteiger partial charge in [0.15, 0.2) is 0 Å². The van der Waals surface area contributed by atoms with E-state index < -0.39 is 24.9 Å². The highest BCUT2D eigenvalue weighted by molar-refractivity contribution is 6.61. The van der Waals surface area contributed by atoms with Crippen LogP contribution < -0.4 is 5.46 Å². The Morgan fingerprint density at radius 1 is 1.35 bits per heavy atom. The maximum absolute atomic E-state index is 13.8. The van der Waals surface area contributed by atoms with Crippen molar-refractivity contribution in [2.24, 2.45) is 0 Å². The van der Waals surface area contributed by atoms with E-state index >= 15 is 0 Å². The molecule has 90 valence electrons. The highest BCUT2D eigenvalue weighted by Crippen LogP contribution is 2.28. The minimum absolute atomic E-state index is 0.0888. The van der Waals surface area contributed by atoms with Crippen LogP contribution in [0.2, 0.25) is 5.02 Å². The second kappa shape index (κ2) is 5.02. The predicted octanol–water partition coefficient (Wildman–Crippen LogP) is 2.67. The van der Waals surface area contributed by atoms with Gasteiger partial charge in [0.1, 0.15) is 5.82 Å². The van der Waals surface area contributed by atoms with Gasteiger partial charge in [-0.05, 0) is 12.1 Å². The van der Waals surface area contributed by atoms with E-state index in [1.54, 1.807) is 6.08 Å². The molecule has 0 saturated carbocycles. The summed E-state index contributed by atoms with van der Waals surface area (Å²) in [6.45, 7) is 0.233. The average molecular weight is 262 g/mol. The first-order chi connectivity index (χ1) is 8.11. The van der Waals surface area contributed by atoms with Gasteiger partial charge in [-0.3, -0.25) is 0 Å². The fourth-order valence-electron chi connectivity index (χ4n) is 1.48. The van der Waals surface area contributed by atoms with Crippen molar-refractivity contribution < 1.29 is 22.5 Å². The van der Waals surface area contributed by atoms with Crippen molar-refractivity contribution in [1.29, 1.82) is 0 Å². The zero-order valence-corrected chi connectivity index (χ0v) is 9.26. The van der Waals surface area contributed by atoms with E-state index in [-0.39, 0.29) is 17.1 Å². The first-order valence-corrected chi connectivity index (χ1v) is 5.17. The minimum atomic E-state index is -2.98. The lowest BCUT2D eigenvalue weighted by atomic mass is 9.77. The van der Waals surface area contributed by atoms with Gasteiger partial charge in [-0.25, -0.2) is 13.2 Å². The molecule has 0 amide bonds. The van der Waals surface area contributed by atoms with Gasteiger partial charge in [0.25, 0.3) is 6.43 Å². The molecule has 1 aromatic carbocycles. The maximum atomic E-state index is 13.8. The predicted molar refractivity (Wildman–Crippen MR) is 57.9 cm³/mol. The lowest BCUT2D eigenvalue weighted by Gasteiger charge is -2.17. The van der Waals surface area contributed by atoms with Crippen LogP contribution in [-0.4, -0.2) is 13.7 Å². The van der Waals surface area contributed by atoms with Crippen LogP contribution in [0.1, 0.15) is 12.0 Å². The zero-order valence-electron chi connectivity index (χ0n) is 8.50. The summed E-state index contributed by atoms with van der Waals surface area (Å²) in [7, 11) is -1.02. The third kappa shape index (κ3) is 2.42. The fourth-order valence-corrected chi connectivity index (χ4v) is 1.71. The Kier molecular flexibility index (Phi) is 3.64. The molecule has 7 heteroatoms. The van der Waals surface area contributed by atoms with Gasteiger partial charge in [-0.15, -0.1) is 0 Å². The van der Waals surface area contributed by atoms with E-state index in [0.29, 0.717) is 0 Å². The molecule has 0 saturated heterocycles. The van der Waals surface area contributed by atoms with Crippen LogP contribution in [0.3, 0.4) is 0 Å². The standard InChI is InChI=1S/C10H7BClF3O2/c12-7-3-2-6(9(13)8(7)10(14)15)11-16-4-1-5-17-11/h1-4,10H,5H2. The molecular weight excluding hydrogens is 255 g/mol. The molecule has 0 aliphatic carbocycles. The Morgan fingerprint density at radius 3 is 2.71 bits per heavy atom. The first kappa shape index (κ1) is 12.3. The molecule has 1 aliphatic heterocycles. The lowest BCUT2D eigenvalue weighted by Crippen LogP contribution is -2.40. The molecule has 0 aromatic heterocycles. The number of alkyl halides is 2. The van der Waals surface area contributed by atoms with Gasteiger partial charge < -0.3 is 9.31 Å². The summed E-state index contributed by atoms with van der Waals surface area (Å²) in [5.74, 6) is -1.09. The summed E-state index contributed by atoms with van der Waals surface area (Å²) in [4.78, 5) is 0. The van der Waals surface area contributed by atoms with Gasteiger partial charge in [0.2, 0.25) is 0 Å². The van der Waals surface area contributed by atoms with Crippen LogP contribution in [0, 0.1) is 5.82 Å².